The van der Waals surface area contributed by atoms with E-state index in [1.807, 2.05) is 26.0 Å². The quantitative estimate of drug-likeness (QED) is 0.629. The number of carbonyl (C=O) groups excluding carboxylic acids is 1. The molecular weight excluding hydrogens is 151 g/mol. The van der Waals surface area contributed by atoms with Gasteiger partial charge < -0.3 is 9.21 Å². The van der Waals surface area contributed by atoms with Crippen LogP contribution < -0.4 is 0 Å². The predicted molar refractivity (Wildman–Crippen MR) is 50.0 cm³/mol. The molecule has 12 heavy (non-hydrogen) atoms. The molecule has 0 aromatic carbocycles. The van der Waals surface area contributed by atoms with Crippen LogP contribution in [0.2, 0.25) is 0 Å². The van der Waals surface area contributed by atoms with Crippen LogP contribution in [0.15, 0.2) is 16.5 Å². The van der Waals surface area contributed by atoms with Crippen molar-refractivity contribution in [2.75, 3.05) is 0 Å². The standard InChI is InChI=1S/C9H13BO2/c1-6(5-9(10)11)8-4-3-7(2)12-8/h3-4,6H,5,10H2,1-2H3. The van der Waals surface area contributed by atoms with E-state index in [1.165, 1.54) is 0 Å². The summed E-state index contributed by atoms with van der Waals surface area (Å²) in [5, 5.41) is 0. The van der Waals surface area contributed by atoms with E-state index in [9.17, 15) is 4.79 Å². The van der Waals surface area contributed by atoms with Crippen LogP contribution in [-0.4, -0.2) is 13.5 Å². The highest BCUT2D eigenvalue weighted by Gasteiger charge is 2.10. The van der Waals surface area contributed by atoms with Crippen molar-refractivity contribution in [3.8, 4) is 0 Å². The minimum atomic E-state index is 0.205. The van der Waals surface area contributed by atoms with E-state index in [0.717, 1.165) is 11.5 Å². The number of hydrogen-bond acceptors (Lipinski definition) is 2. The SMILES string of the molecule is BC(=O)CC(C)c1ccc(C)o1. The lowest BCUT2D eigenvalue weighted by Gasteiger charge is -2.04. The molecule has 0 saturated carbocycles. The van der Waals surface area contributed by atoms with Crippen LogP contribution in [0.1, 0.15) is 30.8 Å². The first-order valence-electron chi connectivity index (χ1n) is 4.15. The summed E-state index contributed by atoms with van der Waals surface area (Å²) in [6.07, 6.45) is 0.562. The Balaban J connectivity index is 2.64. The summed E-state index contributed by atoms with van der Waals surface area (Å²) in [5.41, 5.74) is 0.205. The Morgan fingerprint density at radius 1 is 1.67 bits per heavy atom. The van der Waals surface area contributed by atoms with Crippen LogP contribution in [0, 0.1) is 6.92 Å². The van der Waals surface area contributed by atoms with Crippen LogP contribution >= 0.6 is 0 Å². The number of hydrogen-bond donors (Lipinski definition) is 0. The molecule has 1 aromatic heterocycles. The molecule has 2 nitrogen and oxygen atoms in total. The third kappa shape index (κ3) is 2.26. The molecule has 1 aromatic rings. The van der Waals surface area contributed by atoms with Gasteiger partial charge in [-0.05, 0) is 19.1 Å². The van der Waals surface area contributed by atoms with Gasteiger partial charge in [0, 0.05) is 12.3 Å². The number of aryl methyl sites for hydroxylation is 1. The lowest BCUT2D eigenvalue weighted by molar-refractivity contribution is -0.112. The van der Waals surface area contributed by atoms with Crippen molar-refractivity contribution < 1.29 is 9.21 Å². The first kappa shape index (κ1) is 9.11. The highest BCUT2D eigenvalue weighted by Crippen LogP contribution is 2.20. The molecule has 0 radical (unpaired) electrons. The van der Waals surface area contributed by atoms with E-state index in [-0.39, 0.29) is 11.6 Å². The van der Waals surface area contributed by atoms with Gasteiger partial charge >= 0.3 is 0 Å². The smallest absolute Gasteiger partial charge is 0.187 e. The lowest BCUT2D eigenvalue weighted by Crippen LogP contribution is -2.02. The highest BCUT2D eigenvalue weighted by atomic mass is 16.3. The molecule has 0 saturated heterocycles. The largest absolute Gasteiger partial charge is 0.466 e. The van der Waals surface area contributed by atoms with E-state index in [1.54, 1.807) is 7.85 Å². The monoisotopic (exact) mass is 164 g/mol. The van der Waals surface area contributed by atoms with Gasteiger partial charge in [0.25, 0.3) is 0 Å². The molecule has 0 fully saturated rings. The van der Waals surface area contributed by atoms with E-state index in [2.05, 4.69) is 0 Å². The zero-order valence-corrected chi connectivity index (χ0v) is 7.76. The Labute approximate surface area is 73.4 Å². The zero-order valence-electron chi connectivity index (χ0n) is 7.76. The van der Waals surface area contributed by atoms with Crippen molar-refractivity contribution in [3.63, 3.8) is 0 Å². The molecule has 1 unspecified atom stereocenters. The molecule has 0 aliphatic heterocycles. The van der Waals surface area contributed by atoms with Crippen molar-refractivity contribution in [2.45, 2.75) is 26.2 Å². The summed E-state index contributed by atoms with van der Waals surface area (Å²) in [4.78, 5) is 10.8. The van der Waals surface area contributed by atoms with Crippen LogP contribution in [0.25, 0.3) is 0 Å². The second-order valence-corrected chi connectivity index (χ2v) is 3.26. The lowest BCUT2D eigenvalue weighted by atomic mass is 9.91. The minimum absolute atomic E-state index is 0.205. The van der Waals surface area contributed by atoms with Gasteiger partial charge in [0.2, 0.25) is 0 Å². The van der Waals surface area contributed by atoms with Crippen molar-refractivity contribution >= 4 is 13.5 Å². The molecule has 0 amide bonds. The highest BCUT2D eigenvalue weighted by molar-refractivity contribution is 6.57. The molecule has 64 valence electrons. The van der Waals surface area contributed by atoms with Gasteiger partial charge in [-0.1, -0.05) is 6.92 Å². The first-order chi connectivity index (χ1) is 5.59. The molecule has 1 atom stereocenters. The summed E-state index contributed by atoms with van der Waals surface area (Å²) in [5.74, 6) is 2.01. The summed E-state index contributed by atoms with van der Waals surface area (Å²) in [7, 11) is 1.60. The Bertz CT molecular complexity index is 278. The summed E-state index contributed by atoms with van der Waals surface area (Å²) < 4.78 is 5.39. The number of furan rings is 1. The first-order valence-corrected chi connectivity index (χ1v) is 4.15. The Morgan fingerprint density at radius 3 is 2.75 bits per heavy atom. The third-order valence-corrected chi connectivity index (χ3v) is 1.84. The normalized spacial score (nSPS) is 12.8. The van der Waals surface area contributed by atoms with E-state index < -0.39 is 0 Å². The van der Waals surface area contributed by atoms with E-state index in [0.29, 0.717) is 6.42 Å². The summed E-state index contributed by atoms with van der Waals surface area (Å²) in [6.45, 7) is 3.91. The number of carbonyl (C=O) groups is 1. The van der Waals surface area contributed by atoms with Crippen molar-refractivity contribution in [1.82, 2.24) is 0 Å². The fourth-order valence-electron chi connectivity index (χ4n) is 1.25. The maximum atomic E-state index is 10.8. The number of rotatable bonds is 3. The second kappa shape index (κ2) is 3.61. The van der Waals surface area contributed by atoms with Crippen LogP contribution in [-0.2, 0) is 4.79 Å². The van der Waals surface area contributed by atoms with E-state index >= 15 is 0 Å². The molecule has 1 rings (SSSR count). The average Bonchev–Trinajstić information content (AvgIpc) is 2.34. The van der Waals surface area contributed by atoms with Gasteiger partial charge in [0.1, 0.15) is 11.5 Å². The predicted octanol–water partition coefficient (Wildman–Crippen LogP) is 1.24. The Morgan fingerprint density at radius 2 is 2.33 bits per heavy atom. The van der Waals surface area contributed by atoms with Gasteiger partial charge in [-0.3, -0.25) is 0 Å². The molecular formula is C9H13BO2. The topological polar surface area (TPSA) is 30.2 Å². The maximum Gasteiger partial charge on any atom is 0.187 e. The molecule has 0 spiro atoms. The van der Waals surface area contributed by atoms with Crippen molar-refractivity contribution in [1.29, 1.82) is 0 Å². The Hall–Kier alpha value is -0.985. The fraction of sp³-hybridized carbons (Fsp3) is 0.444. The van der Waals surface area contributed by atoms with Gasteiger partial charge in [0.05, 0.1) is 5.68 Å². The third-order valence-electron chi connectivity index (χ3n) is 1.84. The average molecular weight is 164 g/mol. The zero-order chi connectivity index (χ0) is 9.14. The van der Waals surface area contributed by atoms with Gasteiger partial charge in [-0.2, -0.15) is 0 Å². The molecule has 0 N–H and O–H groups in total. The molecule has 0 aliphatic carbocycles. The summed E-state index contributed by atoms with van der Waals surface area (Å²) >= 11 is 0. The van der Waals surface area contributed by atoms with Crippen LogP contribution in [0.4, 0.5) is 0 Å². The minimum Gasteiger partial charge on any atom is -0.466 e. The van der Waals surface area contributed by atoms with Crippen LogP contribution in [0.3, 0.4) is 0 Å². The van der Waals surface area contributed by atoms with Gasteiger partial charge in [0.15, 0.2) is 7.85 Å². The van der Waals surface area contributed by atoms with E-state index in [4.69, 9.17) is 4.42 Å². The van der Waals surface area contributed by atoms with Crippen molar-refractivity contribution in [2.24, 2.45) is 0 Å². The second-order valence-electron chi connectivity index (χ2n) is 3.26. The van der Waals surface area contributed by atoms with Gasteiger partial charge in [-0.15, -0.1) is 0 Å². The van der Waals surface area contributed by atoms with Crippen molar-refractivity contribution in [3.05, 3.63) is 23.7 Å². The van der Waals surface area contributed by atoms with Crippen LogP contribution in [0.5, 0.6) is 0 Å². The van der Waals surface area contributed by atoms with Gasteiger partial charge in [-0.25, -0.2) is 0 Å². The molecule has 0 bridgehead atoms. The molecule has 1 heterocycles. The maximum absolute atomic E-state index is 10.8. The fourth-order valence-corrected chi connectivity index (χ4v) is 1.25. The molecule has 3 heteroatoms. The Kier molecular flexibility index (Phi) is 2.74. The molecule has 0 aliphatic rings. The summed E-state index contributed by atoms with van der Waals surface area (Å²) in [6, 6.07) is 3.86.